The summed E-state index contributed by atoms with van der Waals surface area (Å²) < 4.78 is 110. The second kappa shape index (κ2) is 11.6. The second-order valence-corrected chi connectivity index (χ2v) is 12.6. The molecule has 234 valence electrons. The predicted molar refractivity (Wildman–Crippen MR) is 209 cm³/mol. The fraction of sp³-hybridized carbons (Fsp3) is 0. The first kappa shape index (κ1) is 18.9. The molecule has 0 saturated carbocycles. The highest BCUT2D eigenvalue weighted by molar-refractivity contribution is 7.25. The average molecular weight is 669 g/mol. The zero-order valence-electron chi connectivity index (χ0n) is 37.9. The van der Waals surface area contributed by atoms with Crippen molar-refractivity contribution >= 4 is 53.3 Å². The van der Waals surface area contributed by atoms with Crippen molar-refractivity contribution < 1.29 is 16.4 Å². The molecular formula is C45H28N4S. The van der Waals surface area contributed by atoms with Crippen molar-refractivity contribution in [3.63, 3.8) is 0 Å². The first-order valence-electron chi connectivity index (χ1n) is 21.7. The molecule has 0 bridgehead atoms. The van der Waals surface area contributed by atoms with Crippen molar-refractivity contribution in [2.45, 2.75) is 0 Å². The van der Waals surface area contributed by atoms with Gasteiger partial charge >= 0.3 is 0 Å². The molecule has 0 fully saturated rings. The Bertz CT molecular complexity index is 3520. The van der Waals surface area contributed by atoms with Gasteiger partial charge in [0, 0.05) is 53.3 Å². The Morgan fingerprint density at radius 3 is 1.96 bits per heavy atom. The lowest BCUT2D eigenvalue weighted by molar-refractivity contribution is 1.07. The molecule has 10 rings (SSSR count). The van der Waals surface area contributed by atoms with E-state index in [0.29, 0.717) is 11.1 Å². The van der Waals surface area contributed by atoms with Crippen molar-refractivity contribution in [1.29, 1.82) is 0 Å². The average Bonchev–Trinajstić information content (AvgIpc) is 3.84. The van der Waals surface area contributed by atoms with Crippen LogP contribution in [0.25, 0.3) is 93.0 Å². The summed E-state index contributed by atoms with van der Waals surface area (Å²) in [4.78, 5) is 14.8. The summed E-state index contributed by atoms with van der Waals surface area (Å²) in [6.45, 7) is 0. The number of benzene rings is 7. The lowest BCUT2D eigenvalue weighted by Gasteiger charge is -2.13. The first-order valence-corrected chi connectivity index (χ1v) is 16.5. The number of thiophene rings is 1. The Kier molecular flexibility index (Phi) is 4.40. The van der Waals surface area contributed by atoms with Gasteiger partial charge in [-0.25, -0.2) is 15.0 Å². The number of rotatable bonds is 5. The standard InChI is InChI=1S/C45H28N4S/c1-3-12-29(13-4-1)30-22-24-31(25-23-30)43-46-44(32-26-27-41-38(28-32)35-17-8-10-21-40(35)50-41)48-45(47-43)37-19-11-18-36-34-16-7-9-20-39(34)49(42(36)37)33-14-5-2-6-15-33/h1-28H/i2D,5D,6D,7D,9D,11D,14D,15D,16D,18D,19D,20D. The van der Waals surface area contributed by atoms with Gasteiger partial charge in [-0.2, -0.15) is 0 Å². The van der Waals surface area contributed by atoms with Gasteiger partial charge in [0.25, 0.3) is 0 Å². The van der Waals surface area contributed by atoms with E-state index in [9.17, 15) is 2.74 Å². The van der Waals surface area contributed by atoms with Gasteiger partial charge in [-0.15, -0.1) is 11.3 Å². The van der Waals surface area contributed by atoms with E-state index in [2.05, 4.69) is 0 Å². The number of hydrogen-bond acceptors (Lipinski definition) is 4. The molecule has 0 aliphatic carbocycles. The van der Waals surface area contributed by atoms with E-state index in [1.54, 1.807) is 11.3 Å². The third-order valence-electron chi connectivity index (χ3n) is 8.67. The SMILES string of the molecule is [2H]c1c([2H])c([2H])c(-n2c3c([2H])c([2H])c([2H])c([2H])c3c3c([2H])c([2H])c([2H])c(-c4nc(-c5ccc(-c6ccccc6)cc5)nc(-c5ccc6sc7ccccc7c6c5)n4)c32)c([2H])c1[2H]. The molecule has 3 heterocycles. The minimum atomic E-state index is -0.715. The first-order chi connectivity index (χ1) is 29.8. The van der Waals surface area contributed by atoms with Gasteiger partial charge in [-0.1, -0.05) is 121 Å². The molecule has 0 aliphatic heterocycles. The van der Waals surface area contributed by atoms with E-state index in [1.165, 1.54) is 0 Å². The lowest BCUT2D eigenvalue weighted by atomic mass is 10.0. The van der Waals surface area contributed by atoms with Crippen LogP contribution >= 0.6 is 11.3 Å². The minimum Gasteiger partial charge on any atom is -0.309 e. The summed E-state index contributed by atoms with van der Waals surface area (Å²) in [5.74, 6) is 0.171. The second-order valence-electron chi connectivity index (χ2n) is 11.6. The van der Waals surface area contributed by atoms with Crippen molar-refractivity contribution in [2.75, 3.05) is 0 Å². The topological polar surface area (TPSA) is 43.6 Å². The molecule has 0 spiro atoms. The Morgan fingerprint density at radius 2 is 1.10 bits per heavy atom. The smallest absolute Gasteiger partial charge is 0.166 e. The molecule has 0 N–H and O–H groups in total. The zero-order valence-corrected chi connectivity index (χ0v) is 26.8. The molecule has 5 heteroatoms. The summed E-state index contributed by atoms with van der Waals surface area (Å²) >= 11 is 1.64. The Labute approximate surface area is 309 Å². The van der Waals surface area contributed by atoms with Crippen LogP contribution in [0.4, 0.5) is 0 Å². The zero-order chi connectivity index (χ0) is 43.5. The molecular weight excluding hydrogens is 629 g/mol. The molecule has 0 amide bonds. The van der Waals surface area contributed by atoms with Crippen LogP contribution in [0.3, 0.4) is 0 Å². The normalized spacial score (nSPS) is 15.0. The summed E-state index contributed by atoms with van der Waals surface area (Å²) in [5.41, 5.74) is 1.84. The van der Waals surface area contributed by atoms with Gasteiger partial charge < -0.3 is 4.57 Å². The molecule has 0 aliphatic rings. The number of fused-ring (bicyclic) bond motifs is 6. The molecule has 4 nitrogen and oxygen atoms in total. The quantitative estimate of drug-likeness (QED) is 0.183. The third-order valence-corrected chi connectivity index (χ3v) is 9.82. The summed E-state index contributed by atoms with van der Waals surface area (Å²) in [7, 11) is 0. The Balaban J connectivity index is 1.35. The Hall–Kier alpha value is -6.43. The van der Waals surface area contributed by atoms with Crippen molar-refractivity contribution in [2.24, 2.45) is 0 Å². The van der Waals surface area contributed by atoms with Gasteiger partial charge in [0.2, 0.25) is 0 Å². The van der Waals surface area contributed by atoms with Gasteiger partial charge in [-0.05, 0) is 59.6 Å². The van der Waals surface area contributed by atoms with Crippen LogP contribution in [0.2, 0.25) is 0 Å². The van der Waals surface area contributed by atoms with E-state index < -0.39 is 78.2 Å². The molecule has 0 radical (unpaired) electrons. The highest BCUT2D eigenvalue weighted by atomic mass is 32.1. The van der Waals surface area contributed by atoms with Crippen molar-refractivity contribution in [1.82, 2.24) is 19.5 Å². The van der Waals surface area contributed by atoms with Crippen LogP contribution < -0.4 is 0 Å². The highest BCUT2D eigenvalue weighted by Gasteiger charge is 2.20. The number of nitrogens with zero attached hydrogens (tertiary/aromatic N) is 4. The lowest BCUT2D eigenvalue weighted by Crippen LogP contribution is -2.02. The molecule has 3 aromatic heterocycles. The van der Waals surface area contributed by atoms with Crippen LogP contribution in [0.15, 0.2) is 170 Å². The fourth-order valence-corrected chi connectivity index (χ4v) is 7.45. The number of hydrogen-bond donors (Lipinski definition) is 0. The van der Waals surface area contributed by atoms with E-state index in [0.717, 1.165) is 35.9 Å². The minimum absolute atomic E-state index is 0.170. The monoisotopic (exact) mass is 668 g/mol. The van der Waals surface area contributed by atoms with E-state index in [4.69, 9.17) is 28.7 Å². The molecule has 0 saturated heterocycles. The molecule has 7 aromatic carbocycles. The van der Waals surface area contributed by atoms with Gasteiger partial charge in [0.1, 0.15) is 0 Å². The summed E-state index contributed by atoms with van der Waals surface area (Å²) in [5, 5.41) is 1.54. The molecule has 10 aromatic rings. The molecule has 0 unspecified atom stereocenters. The van der Waals surface area contributed by atoms with Gasteiger partial charge in [-0.3, -0.25) is 0 Å². The van der Waals surface area contributed by atoms with E-state index >= 15 is 0 Å². The van der Waals surface area contributed by atoms with Crippen molar-refractivity contribution in [3.05, 3.63) is 170 Å². The number of para-hydroxylation sites is 3. The van der Waals surface area contributed by atoms with E-state index in [-0.39, 0.29) is 44.8 Å². The van der Waals surface area contributed by atoms with Crippen LogP contribution in [0, 0.1) is 0 Å². The van der Waals surface area contributed by atoms with Crippen LogP contribution in [-0.2, 0) is 0 Å². The maximum absolute atomic E-state index is 9.47. The van der Waals surface area contributed by atoms with E-state index in [1.807, 2.05) is 97.1 Å². The summed E-state index contributed by atoms with van der Waals surface area (Å²) in [6.07, 6.45) is 0. The van der Waals surface area contributed by atoms with Crippen LogP contribution in [0.5, 0.6) is 0 Å². The highest BCUT2D eigenvalue weighted by Crippen LogP contribution is 2.39. The maximum Gasteiger partial charge on any atom is 0.166 e. The number of aromatic nitrogens is 4. The predicted octanol–water partition coefficient (Wildman–Crippen LogP) is 12.0. The van der Waals surface area contributed by atoms with Gasteiger partial charge in [0.05, 0.1) is 27.5 Å². The molecule has 0 atom stereocenters. The maximum atomic E-state index is 9.47. The van der Waals surface area contributed by atoms with Crippen LogP contribution in [0.1, 0.15) is 16.4 Å². The molecule has 50 heavy (non-hydrogen) atoms. The fourth-order valence-electron chi connectivity index (χ4n) is 6.36. The Morgan fingerprint density at radius 1 is 0.460 bits per heavy atom. The third kappa shape index (κ3) is 4.71. The van der Waals surface area contributed by atoms with Gasteiger partial charge in [0.15, 0.2) is 17.5 Å². The summed E-state index contributed by atoms with van der Waals surface area (Å²) in [6, 6.07) is 23.3. The largest absolute Gasteiger partial charge is 0.309 e. The van der Waals surface area contributed by atoms with Crippen LogP contribution in [-0.4, -0.2) is 19.5 Å². The van der Waals surface area contributed by atoms with Crippen molar-refractivity contribution in [3.8, 4) is 51.0 Å².